The van der Waals surface area contributed by atoms with Gasteiger partial charge >= 0.3 is 0 Å². The third kappa shape index (κ3) is 10.5. The van der Waals surface area contributed by atoms with E-state index in [0.29, 0.717) is 41.5 Å². The lowest BCUT2D eigenvalue weighted by Crippen LogP contribution is -2.69. The van der Waals surface area contributed by atoms with Gasteiger partial charge in [-0.2, -0.15) is 4.31 Å². The summed E-state index contributed by atoms with van der Waals surface area (Å²) in [7, 11) is -2.71. The number of rotatable bonds is 21. The van der Waals surface area contributed by atoms with E-state index < -0.39 is 27.8 Å². The van der Waals surface area contributed by atoms with Gasteiger partial charge in [0.2, 0.25) is 21.7 Å². The molecular weight excluding hydrogens is 879 g/mol. The predicted molar refractivity (Wildman–Crippen MR) is 264 cm³/mol. The molecule has 1 aliphatic heterocycles. The summed E-state index contributed by atoms with van der Waals surface area (Å²) in [4.78, 5) is 18.0. The predicted octanol–water partition coefficient (Wildman–Crippen LogP) is 10.3. The Bertz CT molecular complexity index is 2680. The van der Waals surface area contributed by atoms with Gasteiger partial charge in [0.25, 0.3) is 0 Å². The number of allylic oxidation sites excluding steroid dienone is 1. The number of aliphatic hydroxyl groups is 2. The van der Waals surface area contributed by atoms with Gasteiger partial charge < -0.3 is 34.6 Å². The molecule has 5 aromatic carbocycles. The number of ether oxygens (including phenoxy) is 3. The maximum atomic E-state index is 15.0. The van der Waals surface area contributed by atoms with Crippen LogP contribution in [0.4, 0.5) is 5.69 Å². The second-order valence-electron chi connectivity index (χ2n) is 17.8. The van der Waals surface area contributed by atoms with Gasteiger partial charge in [0, 0.05) is 50.8 Å². The Labute approximate surface area is 400 Å². The molecular formula is C55H61N3O9S. The molecule has 0 spiro atoms. The Morgan fingerprint density at radius 1 is 0.868 bits per heavy atom. The summed E-state index contributed by atoms with van der Waals surface area (Å²) in [5.41, 5.74) is 5.89. The highest BCUT2D eigenvalue weighted by atomic mass is 32.2. The summed E-state index contributed by atoms with van der Waals surface area (Å²) in [6.07, 6.45) is 8.30. The van der Waals surface area contributed by atoms with E-state index in [2.05, 4.69) is 30.1 Å². The van der Waals surface area contributed by atoms with E-state index in [-0.39, 0.29) is 61.4 Å². The van der Waals surface area contributed by atoms with Crippen molar-refractivity contribution in [2.75, 3.05) is 32.2 Å². The average molecular weight is 940 g/mol. The maximum Gasteiger partial charge on any atom is 0.243 e. The second kappa shape index (κ2) is 21.9. The summed E-state index contributed by atoms with van der Waals surface area (Å²) >= 11 is 0. The number of nitrogens with zero attached hydrogens (tertiary/aromatic N) is 2. The number of carbonyl (C=O) groups excluding carboxylic acids is 1. The van der Waals surface area contributed by atoms with Crippen LogP contribution in [0.25, 0.3) is 11.1 Å². The fourth-order valence-corrected chi connectivity index (χ4v) is 11.6. The molecule has 0 radical (unpaired) electrons. The highest BCUT2D eigenvalue weighted by Gasteiger charge is 2.65. The van der Waals surface area contributed by atoms with Gasteiger partial charge in [-0.3, -0.25) is 4.79 Å². The lowest BCUT2D eigenvalue weighted by atomic mass is 9.55. The van der Waals surface area contributed by atoms with Crippen molar-refractivity contribution >= 4 is 27.3 Å². The van der Waals surface area contributed by atoms with E-state index in [4.69, 9.17) is 24.2 Å². The van der Waals surface area contributed by atoms with Crippen molar-refractivity contribution in [2.45, 2.75) is 81.1 Å². The highest BCUT2D eigenvalue weighted by Crippen LogP contribution is 2.62. The molecule has 13 heteroatoms. The van der Waals surface area contributed by atoms with Crippen molar-refractivity contribution in [3.63, 3.8) is 0 Å². The molecule has 68 heavy (non-hydrogen) atoms. The Morgan fingerprint density at radius 3 is 2.21 bits per heavy atom. The molecule has 1 saturated carbocycles. The van der Waals surface area contributed by atoms with Gasteiger partial charge in [0.05, 0.1) is 29.2 Å². The zero-order chi connectivity index (χ0) is 47.7. The molecule has 0 aromatic heterocycles. The maximum absolute atomic E-state index is 15.0. The van der Waals surface area contributed by atoms with Crippen LogP contribution in [0.2, 0.25) is 0 Å². The molecule has 3 aliphatic rings. The van der Waals surface area contributed by atoms with E-state index in [1.54, 1.807) is 25.3 Å². The molecule has 0 saturated heterocycles. The van der Waals surface area contributed by atoms with Crippen LogP contribution in [0, 0.1) is 17.8 Å². The number of carbonyl (C=O) groups is 1. The van der Waals surface area contributed by atoms with Gasteiger partial charge in [0.1, 0.15) is 23.9 Å². The standard InChI is InChI=1S/C55H61N3O9S/c1-4-33-64-55-52(58(3)68(62,63)46-28-23-43(24-29-46)56-38(2)61)36-50(57-65-37-39-15-7-5-8-16-39)48-34-42(19-11-13-31-59)47(20-12-14-32-60)53(54(48)55)49-35-45(27-30-51(49)67-55)66-44-25-21-41(22-26-44)40-17-9-6-10-18-40/h4-10,15-18,21-30,34-35,42,47,52-54,59-60H,1,11-14,19-20,31-33,36-37H2,2-3H3,(H,56,61)/t42-,47+,52-,53+,54+,55+/m0/s1. The fraction of sp³-hybridized carbons (Fsp3) is 0.345. The number of nitrogens with one attached hydrogen (secondary N) is 1. The van der Waals surface area contributed by atoms with Crippen molar-refractivity contribution in [3.05, 3.63) is 163 Å². The Kier molecular flexibility index (Phi) is 15.6. The summed E-state index contributed by atoms with van der Waals surface area (Å²) in [5.74, 6) is -1.01. The molecule has 3 N–H and O–H groups in total. The van der Waals surface area contributed by atoms with Gasteiger partial charge in [-0.05, 0) is 114 Å². The summed E-state index contributed by atoms with van der Waals surface area (Å²) < 4.78 is 52.2. The highest BCUT2D eigenvalue weighted by molar-refractivity contribution is 7.89. The number of oxime groups is 1. The largest absolute Gasteiger partial charge is 0.460 e. The van der Waals surface area contributed by atoms with Gasteiger partial charge in [-0.1, -0.05) is 103 Å². The minimum atomic E-state index is -4.26. The van der Waals surface area contributed by atoms with Crippen LogP contribution in [0.3, 0.4) is 0 Å². The number of hydrogen-bond donors (Lipinski definition) is 3. The monoisotopic (exact) mass is 939 g/mol. The van der Waals surface area contributed by atoms with Crippen LogP contribution >= 0.6 is 0 Å². The third-order valence-electron chi connectivity index (χ3n) is 13.4. The van der Waals surface area contributed by atoms with Crippen molar-refractivity contribution in [1.29, 1.82) is 0 Å². The number of anilines is 1. The van der Waals surface area contributed by atoms with Crippen molar-refractivity contribution in [1.82, 2.24) is 4.31 Å². The summed E-state index contributed by atoms with van der Waals surface area (Å²) in [5, 5.41) is 27.6. The Hall–Kier alpha value is -6.09. The van der Waals surface area contributed by atoms with Crippen molar-refractivity contribution < 1.29 is 42.5 Å². The van der Waals surface area contributed by atoms with Crippen LogP contribution in [-0.2, 0) is 31.0 Å². The fourth-order valence-electron chi connectivity index (χ4n) is 10.3. The zero-order valence-corrected chi connectivity index (χ0v) is 39.5. The smallest absolute Gasteiger partial charge is 0.243 e. The van der Waals surface area contributed by atoms with Crippen LogP contribution in [0.15, 0.2) is 162 Å². The van der Waals surface area contributed by atoms with Crippen LogP contribution in [0.5, 0.6) is 17.2 Å². The average Bonchev–Trinajstić information content (AvgIpc) is 3.35. The molecule has 0 bridgehead atoms. The topological polar surface area (TPSA) is 156 Å². The van der Waals surface area contributed by atoms with Gasteiger partial charge in [-0.25, -0.2) is 8.42 Å². The van der Waals surface area contributed by atoms with Crippen LogP contribution in [0.1, 0.15) is 68.9 Å². The number of unbranched alkanes of at least 4 members (excludes halogenated alkanes) is 2. The lowest BCUT2D eigenvalue weighted by Gasteiger charge is -2.59. The molecule has 8 rings (SSSR count). The minimum absolute atomic E-state index is 0.00844. The molecule has 1 amide bonds. The van der Waals surface area contributed by atoms with E-state index in [9.17, 15) is 23.4 Å². The van der Waals surface area contributed by atoms with E-state index in [0.717, 1.165) is 53.5 Å². The minimum Gasteiger partial charge on any atom is -0.460 e. The number of benzene rings is 5. The number of likely N-dealkylation sites (N-methyl/N-ethyl adjacent to an activating group) is 1. The summed E-state index contributed by atoms with van der Waals surface area (Å²) in [6.45, 7) is 5.77. The first-order valence-electron chi connectivity index (χ1n) is 23.5. The summed E-state index contributed by atoms with van der Waals surface area (Å²) in [6, 6.07) is 38.8. The number of sulfonamides is 1. The van der Waals surface area contributed by atoms with E-state index >= 15 is 0 Å². The molecule has 1 fully saturated rings. The third-order valence-corrected chi connectivity index (χ3v) is 15.3. The first-order chi connectivity index (χ1) is 33.1. The quantitative estimate of drug-likeness (QED) is 0.0370. The second-order valence-corrected chi connectivity index (χ2v) is 19.7. The molecule has 2 aliphatic carbocycles. The Morgan fingerprint density at radius 2 is 1.53 bits per heavy atom. The SMILES string of the molecule is C=CCO[C@@]12Oc3ccc(Oc4ccc(-c5ccccc5)cc4)cc3[C@H]3[C@H](CCCCO)[C@@H](CCCCO)C=C(C(=NOCc4ccccc4)C[C@@H]1N(C)S(=O)(=O)c1ccc(NC(C)=O)cc1)[C@H]32. The van der Waals surface area contributed by atoms with Crippen molar-refractivity contribution in [3.8, 4) is 28.4 Å². The van der Waals surface area contributed by atoms with Gasteiger partial charge in [0.15, 0.2) is 0 Å². The van der Waals surface area contributed by atoms with Crippen LogP contribution < -0.4 is 14.8 Å². The molecule has 6 atom stereocenters. The first-order valence-corrected chi connectivity index (χ1v) is 24.9. The van der Waals surface area contributed by atoms with Gasteiger partial charge in [-0.15, -0.1) is 6.58 Å². The number of fused-ring (bicyclic) bond motifs is 2. The van der Waals surface area contributed by atoms with E-state index in [1.165, 1.54) is 23.4 Å². The number of hydrogen-bond acceptors (Lipinski definition) is 10. The van der Waals surface area contributed by atoms with E-state index in [1.807, 2.05) is 91.0 Å². The van der Waals surface area contributed by atoms with Crippen molar-refractivity contribution in [2.24, 2.45) is 22.9 Å². The molecule has 356 valence electrons. The first kappa shape index (κ1) is 48.4. The normalized spacial score (nSPS) is 22.3. The molecule has 12 nitrogen and oxygen atoms in total. The molecule has 5 aromatic rings. The Balaban J connectivity index is 1.28. The zero-order valence-electron chi connectivity index (χ0n) is 38.7. The number of aliphatic hydroxyl groups excluding tert-OH is 2. The number of amides is 1. The lowest BCUT2D eigenvalue weighted by molar-refractivity contribution is -0.250. The van der Waals surface area contributed by atoms with Crippen LogP contribution in [-0.4, -0.2) is 73.3 Å². The molecule has 0 unspecified atom stereocenters. The molecule has 1 heterocycles.